The van der Waals surface area contributed by atoms with Crippen LogP contribution in [0.1, 0.15) is 5.56 Å². The third-order valence-electron chi connectivity index (χ3n) is 3.20. The normalized spacial score (nSPS) is 11.8. The highest BCUT2D eigenvalue weighted by molar-refractivity contribution is 5.64. The Labute approximate surface area is 118 Å². The molecule has 3 rings (SSSR count). The van der Waals surface area contributed by atoms with Crippen molar-refractivity contribution >= 4 is 5.65 Å². The second-order valence-electron chi connectivity index (χ2n) is 4.50. The van der Waals surface area contributed by atoms with E-state index in [2.05, 4.69) is 4.98 Å². The van der Waals surface area contributed by atoms with Crippen molar-refractivity contribution in [3.63, 3.8) is 0 Å². The molecule has 0 fully saturated rings. The van der Waals surface area contributed by atoms with Gasteiger partial charge in [0, 0.05) is 18.0 Å². The number of hydrogen-bond acceptors (Lipinski definition) is 2. The van der Waals surface area contributed by atoms with Crippen molar-refractivity contribution in [2.24, 2.45) is 0 Å². The van der Waals surface area contributed by atoms with Crippen molar-refractivity contribution in [2.75, 3.05) is 7.11 Å². The van der Waals surface area contributed by atoms with Crippen LogP contribution in [-0.2, 0) is 6.18 Å². The molecule has 0 atom stereocenters. The largest absolute Gasteiger partial charge is 0.497 e. The number of aromatic nitrogens is 2. The van der Waals surface area contributed by atoms with Gasteiger partial charge in [0.05, 0.1) is 12.8 Å². The molecule has 0 spiro atoms. The van der Waals surface area contributed by atoms with E-state index in [4.69, 9.17) is 4.74 Å². The quantitative estimate of drug-likeness (QED) is 0.713. The highest BCUT2D eigenvalue weighted by Crippen LogP contribution is 2.33. The smallest absolute Gasteiger partial charge is 0.420 e. The summed E-state index contributed by atoms with van der Waals surface area (Å²) in [7, 11) is 1.55. The van der Waals surface area contributed by atoms with E-state index in [1.54, 1.807) is 43.6 Å². The van der Waals surface area contributed by atoms with Crippen LogP contribution in [0.2, 0.25) is 0 Å². The van der Waals surface area contributed by atoms with Crippen LogP contribution in [0.25, 0.3) is 16.9 Å². The lowest BCUT2D eigenvalue weighted by atomic mass is 10.1. The summed E-state index contributed by atoms with van der Waals surface area (Å²) in [6.45, 7) is 0. The van der Waals surface area contributed by atoms with Crippen LogP contribution < -0.4 is 4.74 Å². The van der Waals surface area contributed by atoms with Gasteiger partial charge in [0.2, 0.25) is 0 Å². The van der Waals surface area contributed by atoms with Gasteiger partial charge in [-0.1, -0.05) is 0 Å². The van der Waals surface area contributed by atoms with Gasteiger partial charge in [-0.15, -0.1) is 0 Å². The fourth-order valence-electron chi connectivity index (χ4n) is 2.12. The van der Waals surface area contributed by atoms with Crippen LogP contribution in [-0.4, -0.2) is 16.5 Å². The second kappa shape index (κ2) is 4.80. The van der Waals surface area contributed by atoms with Gasteiger partial charge in [-0.05, 0) is 36.4 Å². The van der Waals surface area contributed by atoms with Crippen molar-refractivity contribution < 1.29 is 17.9 Å². The van der Waals surface area contributed by atoms with Crippen LogP contribution in [0.3, 0.4) is 0 Å². The molecule has 1 aromatic carbocycles. The zero-order valence-corrected chi connectivity index (χ0v) is 11.1. The molecule has 0 unspecified atom stereocenters. The SMILES string of the molecule is COc1ccc(-c2ccn3ccc(C(F)(F)F)c3n2)cc1. The highest BCUT2D eigenvalue weighted by atomic mass is 19.4. The Kier molecular flexibility index (Phi) is 3.08. The molecule has 0 saturated heterocycles. The van der Waals surface area contributed by atoms with Crippen molar-refractivity contribution in [3.05, 3.63) is 54.4 Å². The van der Waals surface area contributed by atoms with E-state index in [1.165, 1.54) is 10.6 Å². The van der Waals surface area contributed by atoms with Gasteiger partial charge in [-0.25, -0.2) is 4.98 Å². The first-order valence-electron chi connectivity index (χ1n) is 6.18. The summed E-state index contributed by atoms with van der Waals surface area (Å²) in [5, 5.41) is 0. The molecule has 2 aromatic heterocycles. The van der Waals surface area contributed by atoms with Crippen LogP contribution in [0, 0.1) is 0 Å². The van der Waals surface area contributed by atoms with E-state index in [1.807, 2.05) is 0 Å². The van der Waals surface area contributed by atoms with Crippen molar-refractivity contribution in [2.45, 2.75) is 6.18 Å². The van der Waals surface area contributed by atoms with Crippen molar-refractivity contribution in [3.8, 4) is 17.0 Å². The number of rotatable bonds is 2. The minimum atomic E-state index is -4.42. The van der Waals surface area contributed by atoms with E-state index in [0.29, 0.717) is 11.4 Å². The molecule has 21 heavy (non-hydrogen) atoms. The maximum Gasteiger partial charge on any atom is 0.420 e. The van der Waals surface area contributed by atoms with E-state index >= 15 is 0 Å². The summed E-state index contributed by atoms with van der Waals surface area (Å²) < 4.78 is 45.2. The average Bonchev–Trinajstić information content (AvgIpc) is 2.90. The minimum Gasteiger partial charge on any atom is -0.497 e. The summed E-state index contributed by atoms with van der Waals surface area (Å²) in [5.74, 6) is 0.679. The van der Waals surface area contributed by atoms with Gasteiger partial charge in [-0.2, -0.15) is 13.2 Å². The van der Waals surface area contributed by atoms with E-state index in [9.17, 15) is 13.2 Å². The molecule has 0 radical (unpaired) electrons. The molecule has 0 aliphatic rings. The Hall–Kier alpha value is -2.50. The summed E-state index contributed by atoms with van der Waals surface area (Å²) in [4.78, 5) is 4.13. The third kappa shape index (κ3) is 2.44. The van der Waals surface area contributed by atoms with Crippen LogP contribution in [0.4, 0.5) is 13.2 Å². The molecule has 0 bridgehead atoms. The van der Waals surface area contributed by atoms with E-state index in [0.717, 1.165) is 11.6 Å². The van der Waals surface area contributed by atoms with Gasteiger partial charge in [0.25, 0.3) is 0 Å². The molecule has 0 aliphatic heterocycles. The molecule has 2 heterocycles. The van der Waals surface area contributed by atoms with Crippen molar-refractivity contribution in [1.29, 1.82) is 0 Å². The number of alkyl halides is 3. The molecular weight excluding hydrogens is 281 g/mol. The fourth-order valence-corrected chi connectivity index (χ4v) is 2.12. The summed E-state index contributed by atoms with van der Waals surface area (Å²) in [6, 6.07) is 9.70. The van der Waals surface area contributed by atoms with Crippen LogP contribution in [0.15, 0.2) is 48.8 Å². The van der Waals surface area contributed by atoms with Crippen LogP contribution >= 0.6 is 0 Å². The highest BCUT2D eigenvalue weighted by Gasteiger charge is 2.34. The number of methoxy groups -OCH3 is 1. The fraction of sp³-hybridized carbons (Fsp3) is 0.133. The van der Waals surface area contributed by atoms with Gasteiger partial charge in [-0.3, -0.25) is 0 Å². The molecule has 108 valence electrons. The Balaban J connectivity index is 2.11. The predicted octanol–water partition coefficient (Wildman–Crippen LogP) is 4.03. The molecule has 0 amide bonds. The van der Waals surface area contributed by atoms with Gasteiger partial charge < -0.3 is 9.14 Å². The second-order valence-corrected chi connectivity index (χ2v) is 4.50. The number of ether oxygens (including phenoxy) is 1. The maximum absolute atomic E-state index is 12.9. The lowest BCUT2D eigenvalue weighted by Crippen LogP contribution is -2.05. The molecule has 0 N–H and O–H groups in total. The van der Waals surface area contributed by atoms with Crippen LogP contribution in [0.5, 0.6) is 5.75 Å². The first kappa shape index (κ1) is 13.5. The number of hydrogen-bond donors (Lipinski definition) is 0. The zero-order chi connectivity index (χ0) is 15.0. The molecule has 3 nitrogen and oxygen atoms in total. The van der Waals surface area contributed by atoms with E-state index < -0.39 is 11.7 Å². The predicted molar refractivity (Wildman–Crippen MR) is 72.2 cm³/mol. The molecule has 3 aromatic rings. The van der Waals surface area contributed by atoms with Gasteiger partial charge in [0.15, 0.2) is 0 Å². The van der Waals surface area contributed by atoms with Gasteiger partial charge in [0.1, 0.15) is 17.0 Å². The zero-order valence-electron chi connectivity index (χ0n) is 11.1. The van der Waals surface area contributed by atoms with Gasteiger partial charge >= 0.3 is 6.18 Å². The summed E-state index contributed by atoms with van der Waals surface area (Å²) in [6.07, 6.45) is -1.50. The Morgan fingerprint density at radius 1 is 1.00 bits per heavy atom. The third-order valence-corrected chi connectivity index (χ3v) is 3.20. The number of halogens is 3. The Bertz CT molecular complexity index is 776. The van der Waals surface area contributed by atoms with E-state index in [-0.39, 0.29) is 5.65 Å². The Morgan fingerprint density at radius 2 is 1.67 bits per heavy atom. The first-order chi connectivity index (χ1) is 9.99. The summed E-state index contributed by atoms with van der Waals surface area (Å²) in [5.41, 5.74) is 0.371. The Morgan fingerprint density at radius 3 is 2.29 bits per heavy atom. The summed E-state index contributed by atoms with van der Waals surface area (Å²) >= 11 is 0. The molecular formula is C15H11F3N2O. The number of nitrogens with zero attached hydrogens (tertiary/aromatic N) is 2. The topological polar surface area (TPSA) is 26.5 Å². The molecule has 0 aliphatic carbocycles. The maximum atomic E-state index is 12.9. The average molecular weight is 292 g/mol. The monoisotopic (exact) mass is 292 g/mol. The number of benzene rings is 1. The molecule has 6 heteroatoms. The standard InChI is InChI=1S/C15H11F3N2O/c1-21-11-4-2-10(3-5-11)13-7-9-20-8-6-12(14(20)19-13)15(16,17)18/h2-9H,1H3. The first-order valence-corrected chi connectivity index (χ1v) is 6.18. The lowest BCUT2D eigenvalue weighted by molar-refractivity contribution is -0.136. The lowest BCUT2D eigenvalue weighted by Gasteiger charge is -2.07. The van der Waals surface area contributed by atoms with Crippen molar-refractivity contribution in [1.82, 2.24) is 9.38 Å². The molecule has 0 saturated carbocycles. The minimum absolute atomic E-state index is 0.101. The number of fused-ring (bicyclic) bond motifs is 1.